The Bertz CT molecular complexity index is 1060. The molecule has 11 nitrogen and oxygen atoms in total. The van der Waals surface area contributed by atoms with Crippen molar-refractivity contribution in [2.24, 2.45) is 22.9 Å². The third kappa shape index (κ3) is 8.36. The molecule has 0 spiro atoms. The van der Waals surface area contributed by atoms with Crippen LogP contribution >= 0.6 is 34.8 Å². The molecule has 0 aromatic heterocycles. The van der Waals surface area contributed by atoms with Crippen molar-refractivity contribution in [3.05, 3.63) is 46.3 Å². The summed E-state index contributed by atoms with van der Waals surface area (Å²) in [5.41, 5.74) is 10.3. The van der Waals surface area contributed by atoms with Crippen LogP contribution in [-0.4, -0.2) is 65.3 Å². The number of hydrogen-bond acceptors (Lipinski definition) is 9. The molecule has 1 aromatic rings. The fourth-order valence-electron chi connectivity index (χ4n) is 4.90. The van der Waals surface area contributed by atoms with Crippen molar-refractivity contribution in [3.63, 3.8) is 0 Å². The Morgan fingerprint density at radius 2 is 1.73 bits per heavy atom. The highest BCUT2D eigenvalue weighted by molar-refractivity contribution is 6.76. The van der Waals surface area contributed by atoms with Gasteiger partial charge in [0.05, 0.1) is 24.9 Å². The Labute approximate surface area is 248 Å². The van der Waals surface area contributed by atoms with Crippen LogP contribution in [0.15, 0.2) is 35.4 Å². The van der Waals surface area contributed by atoms with Crippen LogP contribution in [0.3, 0.4) is 0 Å². The van der Waals surface area contributed by atoms with E-state index in [2.05, 4.69) is 16.9 Å². The number of hydrogen-bond donors (Lipinski definition) is 1. The SMILES string of the molecule is CC(=O)OCC1O[C@H](OC(=N)C(Cl)(Cl)Cl)C(N=[N+]=[N-])[C@@H](C)[C@@H]1O[C@@H]1OC(C)[C@@H](C)[C@@H](OCc2ccccc2)C1C. The lowest BCUT2D eigenvalue weighted by Crippen LogP contribution is -2.59. The van der Waals surface area contributed by atoms with Crippen molar-refractivity contribution < 1.29 is 33.2 Å². The maximum Gasteiger partial charge on any atom is 0.302 e. The van der Waals surface area contributed by atoms with Crippen LogP contribution in [0.4, 0.5) is 0 Å². The molecule has 2 saturated heterocycles. The zero-order valence-electron chi connectivity index (χ0n) is 22.9. The number of benzene rings is 1. The molecule has 4 unspecified atom stereocenters. The zero-order valence-corrected chi connectivity index (χ0v) is 25.2. The lowest BCUT2D eigenvalue weighted by Gasteiger charge is -2.48. The van der Waals surface area contributed by atoms with Gasteiger partial charge in [0.15, 0.2) is 6.29 Å². The number of alkyl halides is 3. The van der Waals surface area contributed by atoms with Crippen molar-refractivity contribution in [1.29, 1.82) is 5.41 Å². The third-order valence-electron chi connectivity index (χ3n) is 7.27. The molecule has 2 aliphatic heterocycles. The van der Waals surface area contributed by atoms with Gasteiger partial charge in [-0.2, -0.15) is 0 Å². The second-order valence-corrected chi connectivity index (χ2v) is 12.4. The van der Waals surface area contributed by atoms with E-state index >= 15 is 0 Å². The Kier molecular flexibility index (Phi) is 11.8. The number of rotatable bonds is 9. The normalized spacial score (nSPS) is 34.4. The number of nitrogens with one attached hydrogen (secondary N) is 1. The number of nitrogens with zero attached hydrogens (tertiary/aromatic N) is 3. The highest BCUT2D eigenvalue weighted by Gasteiger charge is 2.50. The molecule has 10 atom stereocenters. The minimum atomic E-state index is -2.17. The number of halogens is 3. The van der Waals surface area contributed by atoms with Crippen LogP contribution in [-0.2, 0) is 39.8 Å². The van der Waals surface area contributed by atoms with Gasteiger partial charge in [0.25, 0.3) is 3.79 Å². The Balaban J connectivity index is 1.83. The zero-order chi connectivity index (χ0) is 29.6. The van der Waals surface area contributed by atoms with Gasteiger partial charge in [0, 0.05) is 23.7 Å². The third-order valence-corrected chi connectivity index (χ3v) is 7.78. The minimum Gasteiger partial charge on any atom is -0.463 e. The van der Waals surface area contributed by atoms with E-state index in [9.17, 15) is 10.3 Å². The van der Waals surface area contributed by atoms with E-state index < -0.39 is 52.4 Å². The molecule has 1 N–H and O–H groups in total. The first-order valence-corrected chi connectivity index (χ1v) is 14.1. The van der Waals surface area contributed by atoms with Crippen molar-refractivity contribution >= 4 is 46.7 Å². The maximum atomic E-state index is 11.6. The highest BCUT2D eigenvalue weighted by atomic mass is 35.6. The summed E-state index contributed by atoms with van der Waals surface area (Å²) in [6, 6.07) is 8.91. The number of carbonyl (C=O) groups is 1. The monoisotopic (exact) mass is 620 g/mol. The van der Waals surface area contributed by atoms with Gasteiger partial charge in [0.2, 0.25) is 12.2 Å². The molecule has 2 aliphatic rings. The molecule has 0 amide bonds. The minimum absolute atomic E-state index is 0.0806. The number of carbonyl (C=O) groups excluding carboxylic acids is 1. The molecular formula is C26H35Cl3N4O7. The first-order valence-electron chi connectivity index (χ1n) is 12.9. The van der Waals surface area contributed by atoms with Crippen LogP contribution in [0.25, 0.3) is 10.4 Å². The smallest absolute Gasteiger partial charge is 0.302 e. The van der Waals surface area contributed by atoms with Gasteiger partial charge in [-0.15, -0.1) is 0 Å². The quantitative estimate of drug-likeness (QED) is 0.0683. The summed E-state index contributed by atoms with van der Waals surface area (Å²) < 4.78 is 33.7. The standard InChI is InChI=1S/C26H35Cl3N4O7/c1-13-16(4)37-23(15(3)21(13)36-11-18-9-7-6-8-10-18)39-22-14(2)20(32-33-31)24(40-25(30)26(27,28)29)38-19(22)12-35-17(5)34/h6-10,13-16,19-24,30H,11-12H2,1-5H3/t13-,14-,15?,16?,19?,20?,21-,22+,23+,24-/m1/s1. The Morgan fingerprint density at radius 1 is 1.05 bits per heavy atom. The number of azide groups is 1. The second kappa shape index (κ2) is 14.4. The van der Waals surface area contributed by atoms with Gasteiger partial charge in [-0.05, 0) is 23.9 Å². The van der Waals surface area contributed by atoms with Gasteiger partial charge < -0.3 is 28.4 Å². The van der Waals surface area contributed by atoms with Crippen molar-refractivity contribution in [2.45, 2.75) is 88.1 Å². The van der Waals surface area contributed by atoms with Gasteiger partial charge >= 0.3 is 5.97 Å². The Hall–Kier alpha value is -1.82. The van der Waals surface area contributed by atoms with Gasteiger partial charge in [-0.25, -0.2) is 0 Å². The van der Waals surface area contributed by atoms with Crippen LogP contribution in [0.5, 0.6) is 0 Å². The molecule has 222 valence electrons. The molecule has 0 aliphatic carbocycles. The van der Waals surface area contributed by atoms with E-state index in [1.54, 1.807) is 6.92 Å². The largest absolute Gasteiger partial charge is 0.463 e. The summed E-state index contributed by atoms with van der Waals surface area (Å²) >= 11 is 17.3. The average molecular weight is 622 g/mol. The fourth-order valence-corrected chi connectivity index (χ4v) is 5.03. The summed E-state index contributed by atoms with van der Waals surface area (Å²) in [7, 11) is 0. The van der Waals surface area contributed by atoms with E-state index in [1.165, 1.54) is 6.92 Å². The van der Waals surface area contributed by atoms with Crippen LogP contribution in [0.2, 0.25) is 0 Å². The molecule has 0 bridgehead atoms. The van der Waals surface area contributed by atoms with Gasteiger partial charge in [-0.3, -0.25) is 10.2 Å². The van der Waals surface area contributed by atoms with Crippen molar-refractivity contribution in [1.82, 2.24) is 0 Å². The van der Waals surface area contributed by atoms with E-state index in [0.717, 1.165) is 5.56 Å². The molecule has 1 aromatic carbocycles. The average Bonchev–Trinajstić information content (AvgIpc) is 2.89. The fraction of sp³-hybridized carbons (Fsp3) is 0.692. The van der Waals surface area contributed by atoms with Crippen molar-refractivity contribution in [2.75, 3.05) is 6.61 Å². The first-order chi connectivity index (χ1) is 18.8. The predicted octanol–water partition coefficient (Wildman–Crippen LogP) is 5.94. The topological polar surface area (TPSA) is 145 Å². The molecule has 0 saturated carbocycles. The van der Waals surface area contributed by atoms with Crippen molar-refractivity contribution in [3.8, 4) is 0 Å². The van der Waals surface area contributed by atoms with Crippen LogP contribution in [0, 0.1) is 23.2 Å². The van der Waals surface area contributed by atoms with E-state index in [1.807, 2.05) is 44.2 Å². The van der Waals surface area contributed by atoms with E-state index in [-0.39, 0.29) is 30.7 Å². The first kappa shape index (κ1) is 32.7. The molecule has 2 fully saturated rings. The molecule has 3 rings (SSSR count). The number of ether oxygens (including phenoxy) is 6. The summed E-state index contributed by atoms with van der Waals surface area (Å²) in [6.07, 6.45) is -4.05. The lowest BCUT2D eigenvalue weighted by molar-refractivity contribution is -0.319. The summed E-state index contributed by atoms with van der Waals surface area (Å²) in [5, 5.41) is 11.8. The van der Waals surface area contributed by atoms with Gasteiger partial charge in [-0.1, -0.05) is 91.0 Å². The maximum absolute atomic E-state index is 11.6. The molecular weight excluding hydrogens is 587 g/mol. The number of esters is 1. The summed E-state index contributed by atoms with van der Waals surface area (Å²) in [5.74, 6) is -1.91. The predicted molar refractivity (Wildman–Crippen MR) is 149 cm³/mol. The summed E-state index contributed by atoms with van der Waals surface area (Å²) in [6.45, 7) is 9.28. The summed E-state index contributed by atoms with van der Waals surface area (Å²) in [4.78, 5) is 14.6. The molecule has 2 heterocycles. The lowest BCUT2D eigenvalue weighted by atomic mass is 9.85. The highest BCUT2D eigenvalue weighted by Crippen LogP contribution is 2.39. The Morgan fingerprint density at radius 3 is 2.33 bits per heavy atom. The second-order valence-electron chi connectivity index (χ2n) is 10.1. The molecule has 14 heteroatoms. The van der Waals surface area contributed by atoms with E-state index in [4.69, 9.17) is 68.6 Å². The molecule has 0 radical (unpaired) electrons. The van der Waals surface area contributed by atoms with Crippen LogP contribution in [0.1, 0.15) is 40.2 Å². The van der Waals surface area contributed by atoms with Gasteiger partial charge in [0.1, 0.15) is 18.8 Å². The van der Waals surface area contributed by atoms with E-state index in [0.29, 0.717) is 6.61 Å². The van der Waals surface area contributed by atoms with Crippen LogP contribution < -0.4 is 0 Å². The molecule has 40 heavy (non-hydrogen) atoms.